The first kappa shape index (κ1) is 21.5. The van der Waals surface area contributed by atoms with Crippen LogP contribution in [0.2, 0.25) is 5.02 Å². The third-order valence-electron chi connectivity index (χ3n) is 3.51. The smallest absolute Gasteiger partial charge is 0.414 e. The van der Waals surface area contributed by atoms with Crippen molar-refractivity contribution in [1.29, 1.82) is 0 Å². The van der Waals surface area contributed by atoms with Crippen molar-refractivity contribution in [3.05, 3.63) is 53.3 Å². The summed E-state index contributed by atoms with van der Waals surface area (Å²) in [7, 11) is 1.28. The molecule has 28 heavy (non-hydrogen) atoms. The summed E-state index contributed by atoms with van der Waals surface area (Å²) in [4.78, 5) is 29.9. The Kier molecular flexibility index (Phi) is 7.23. The van der Waals surface area contributed by atoms with Gasteiger partial charge in [0.2, 0.25) is 0 Å². The Hall–Kier alpha value is -2.80. The van der Waals surface area contributed by atoms with Gasteiger partial charge in [-0.3, -0.25) is 9.88 Å². The van der Waals surface area contributed by atoms with E-state index in [9.17, 15) is 9.59 Å². The topological polar surface area (TPSA) is 78.0 Å². The molecule has 0 unspecified atom stereocenters. The lowest BCUT2D eigenvalue weighted by molar-refractivity contribution is 0.0566. The average molecular weight is 407 g/mol. The lowest BCUT2D eigenvalue weighted by Gasteiger charge is -2.27. The first-order valence-corrected chi connectivity index (χ1v) is 9.00. The number of carbonyl (C=O) groups is 2. The van der Waals surface area contributed by atoms with Crippen LogP contribution in [0, 0.1) is 0 Å². The van der Waals surface area contributed by atoms with Crippen LogP contribution in [-0.2, 0) is 9.47 Å². The fourth-order valence-corrected chi connectivity index (χ4v) is 2.48. The molecule has 7 nitrogen and oxygen atoms in total. The van der Waals surface area contributed by atoms with Crippen LogP contribution in [0.25, 0.3) is 0 Å². The number of halogens is 1. The van der Waals surface area contributed by atoms with E-state index in [1.165, 1.54) is 18.1 Å². The average Bonchev–Trinajstić information content (AvgIpc) is 2.64. The Labute approximate surface area is 169 Å². The highest BCUT2D eigenvalue weighted by Gasteiger charge is 2.24. The molecule has 150 valence electrons. The van der Waals surface area contributed by atoms with Gasteiger partial charge in [0.15, 0.2) is 0 Å². The number of anilines is 1. The van der Waals surface area contributed by atoms with Gasteiger partial charge in [-0.2, -0.15) is 0 Å². The molecule has 0 saturated heterocycles. The Morgan fingerprint density at radius 1 is 1.14 bits per heavy atom. The molecule has 1 aromatic carbocycles. The zero-order valence-corrected chi connectivity index (χ0v) is 17.0. The predicted octanol–water partition coefficient (Wildman–Crippen LogP) is 4.34. The summed E-state index contributed by atoms with van der Waals surface area (Å²) in [5, 5.41) is 0.389. The van der Waals surface area contributed by atoms with Gasteiger partial charge in [0.25, 0.3) is 0 Å². The standard InChI is InChI=1S/C20H23ClN2O5/c1-20(2,3)28-19(25)23(15-7-9-22-10-8-15)11-12-27-17-6-5-14(21)13-16(17)18(24)26-4/h5-10,13H,11-12H2,1-4H3. The summed E-state index contributed by atoms with van der Waals surface area (Å²) >= 11 is 5.95. The van der Waals surface area contributed by atoms with Gasteiger partial charge < -0.3 is 14.2 Å². The van der Waals surface area contributed by atoms with E-state index in [2.05, 4.69) is 4.98 Å². The Bertz CT molecular complexity index is 821. The Morgan fingerprint density at radius 3 is 2.43 bits per heavy atom. The fraction of sp³-hybridized carbons (Fsp3) is 0.350. The monoisotopic (exact) mass is 406 g/mol. The number of ether oxygens (including phenoxy) is 3. The molecular weight excluding hydrogens is 384 g/mol. The zero-order chi connectivity index (χ0) is 20.7. The van der Waals surface area contributed by atoms with Crippen molar-refractivity contribution in [2.24, 2.45) is 0 Å². The first-order chi connectivity index (χ1) is 13.2. The second-order valence-electron chi connectivity index (χ2n) is 6.82. The number of hydrogen-bond donors (Lipinski definition) is 0. The molecule has 1 aromatic heterocycles. The third kappa shape index (κ3) is 6.13. The van der Waals surface area contributed by atoms with E-state index < -0.39 is 17.7 Å². The number of pyridine rings is 1. The van der Waals surface area contributed by atoms with E-state index in [0.29, 0.717) is 16.5 Å². The lowest BCUT2D eigenvalue weighted by Crippen LogP contribution is -2.39. The molecule has 0 bridgehead atoms. The molecule has 8 heteroatoms. The first-order valence-electron chi connectivity index (χ1n) is 8.62. The van der Waals surface area contributed by atoms with E-state index in [4.69, 9.17) is 25.8 Å². The van der Waals surface area contributed by atoms with Gasteiger partial charge in [-0.1, -0.05) is 11.6 Å². The van der Waals surface area contributed by atoms with Gasteiger partial charge in [-0.15, -0.1) is 0 Å². The van der Waals surface area contributed by atoms with Crippen LogP contribution in [0.4, 0.5) is 10.5 Å². The fourth-order valence-electron chi connectivity index (χ4n) is 2.31. The molecule has 0 aliphatic carbocycles. The van der Waals surface area contributed by atoms with Gasteiger partial charge in [0.1, 0.15) is 23.5 Å². The van der Waals surface area contributed by atoms with Gasteiger partial charge in [-0.05, 0) is 51.1 Å². The molecule has 0 aliphatic rings. The van der Waals surface area contributed by atoms with E-state index in [0.717, 1.165) is 0 Å². The van der Waals surface area contributed by atoms with Crippen molar-refractivity contribution in [2.45, 2.75) is 26.4 Å². The van der Waals surface area contributed by atoms with Gasteiger partial charge >= 0.3 is 12.1 Å². The summed E-state index contributed by atoms with van der Waals surface area (Å²) < 4.78 is 15.9. The van der Waals surface area contributed by atoms with E-state index in [1.54, 1.807) is 57.4 Å². The molecule has 1 amide bonds. The van der Waals surface area contributed by atoms with Crippen molar-refractivity contribution >= 4 is 29.4 Å². The van der Waals surface area contributed by atoms with Crippen LogP contribution in [0.1, 0.15) is 31.1 Å². The molecule has 0 N–H and O–H groups in total. The minimum absolute atomic E-state index is 0.118. The van der Waals surface area contributed by atoms with Gasteiger partial charge in [-0.25, -0.2) is 9.59 Å². The quantitative estimate of drug-likeness (QED) is 0.664. The highest BCUT2D eigenvalue weighted by atomic mass is 35.5. The maximum absolute atomic E-state index is 12.6. The van der Waals surface area contributed by atoms with E-state index in [1.807, 2.05) is 0 Å². The molecule has 2 rings (SSSR count). The summed E-state index contributed by atoms with van der Waals surface area (Å²) in [5.41, 5.74) is 0.192. The second kappa shape index (κ2) is 9.41. The minimum atomic E-state index is -0.641. The van der Waals surface area contributed by atoms with Crippen LogP contribution in [0.5, 0.6) is 5.75 Å². The minimum Gasteiger partial charge on any atom is -0.491 e. The molecule has 1 heterocycles. The van der Waals surface area contributed by atoms with Crippen molar-refractivity contribution < 1.29 is 23.8 Å². The third-order valence-corrected chi connectivity index (χ3v) is 3.74. The summed E-state index contributed by atoms with van der Waals surface area (Å²) in [5.74, 6) is -0.245. The lowest BCUT2D eigenvalue weighted by atomic mass is 10.2. The molecule has 0 atom stereocenters. The number of hydrogen-bond acceptors (Lipinski definition) is 6. The normalized spacial score (nSPS) is 10.9. The summed E-state index contributed by atoms with van der Waals surface area (Å²) in [6, 6.07) is 8.06. The number of nitrogens with zero attached hydrogens (tertiary/aromatic N) is 2. The predicted molar refractivity (Wildman–Crippen MR) is 106 cm³/mol. The van der Waals surface area contributed by atoms with E-state index >= 15 is 0 Å². The van der Waals surface area contributed by atoms with Crippen LogP contribution in [0.15, 0.2) is 42.7 Å². The molecule has 0 saturated carbocycles. The largest absolute Gasteiger partial charge is 0.491 e. The van der Waals surface area contributed by atoms with E-state index in [-0.39, 0.29) is 18.7 Å². The molecule has 0 aliphatic heterocycles. The highest BCUT2D eigenvalue weighted by molar-refractivity contribution is 6.31. The van der Waals surface area contributed by atoms with Crippen molar-refractivity contribution in [2.75, 3.05) is 25.2 Å². The number of amides is 1. The number of methoxy groups -OCH3 is 1. The Balaban J connectivity index is 2.14. The highest BCUT2D eigenvalue weighted by Crippen LogP contribution is 2.24. The van der Waals surface area contributed by atoms with Crippen molar-refractivity contribution in [1.82, 2.24) is 4.98 Å². The molecule has 0 radical (unpaired) electrons. The number of benzene rings is 1. The van der Waals surface area contributed by atoms with Crippen LogP contribution >= 0.6 is 11.6 Å². The summed E-state index contributed by atoms with van der Waals surface area (Å²) in [6.45, 7) is 5.70. The van der Waals surface area contributed by atoms with Crippen LogP contribution in [0.3, 0.4) is 0 Å². The van der Waals surface area contributed by atoms with Crippen LogP contribution in [-0.4, -0.2) is 42.9 Å². The SMILES string of the molecule is COC(=O)c1cc(Cl)ccc1OCCN(C(=O)OC(C)(C)C)c1ccncc1. The molecule has 2 aromatic rings. The Morgan fingerprint density at radius 2 is 1.82 bits per heavy atom. The maximum Gasteiger partial charge on any atom is 0.414 e. The second-order valence-corrected chi connectivity index (χ2v) is 7.25. The molecule has 0 fully saturated rings. The van der Waals surface area contributed by atoms with Gasteiger partial charge in [0.05, 0.1) is 19.3 Å². The number of rotatable bonds is 6. The maximum atomic E-state index is 12.6. The zero-order valence-electron chi connectivity index (χ0n) is 16.3. The van der Waals surface area contributed by atoms with Crippen molar-refractivity contribution in [3.63, 3.8) is 0 Å². The molecule has 0 spiro atoms. The van der Waals surface area contributed by atoms with Crippen molar-refractivity contribution in [3.8, 4) is 5.75 Å². The molecular formula is C20H23ClN2O5. The number of esters is 1. The number of carbonyl (C=O) groups excluding carboxylic acids is 2. The van der Waals surface area contributed by atoms with Gasteiger partial charge in [0, 0.05) is 17.4 Å². The van der Waals surface area contributed by atoms with Crippen LogP contribution < -0.4 is 9.64 Å². The summed E-state index contributed by atoms with van der Waals surface area (Å²) in [6.07, 6.45) is 2.66. The number of aromatic nitrogens is 1.